The highest BCUT2D eigenvalue weighted by molar-refractivity contribution is 7.92. The van der Waals surface area contributed by atoms with Gasteiger partial charge in [-0.3, -0.25) is 14.1 Å². The lowest BCUT2D eigenvalue weighted by Crippen LogP contribution is -2.32. The largest absolute Gasteiger partial charge is 0.299 e. The number of fused-ring (bicyclic) bond motifs is 1. The van der Waals surface area contributed by atoms with Gasteiger partial charge in [0.25, 0.3) is 10.0 Å². The number of ketones is 1. The Morgan fingerprint density at radius 3 is 2.62 bits per heavy atom. The molecule has 0 spiro atoms. The van der Waals surface area contributed by atoms with Crippen LogP contribution in [0.3, 0.4) is 0 Å². The van der Waals surface area contributed by atoms with E-state index in [1.807, 2.05) is 43.3 Å². The molecular weight excluding hydrogens is 444 g/mol. The van der Waals surface area contributed by atoms with Gasteiger partial charge >= 0.3 is 0 Å². The standard InChI is InChI=1S/C25H25ClN2O3S/c1-18(20-8-3-2-4-9-20)25(29)15-19-14-24-23(27-17-19)12-5-6-13-28(24)32(30,31)22-11-7-10-21(26)16-22/h2-4,7-11,14,16-18H,5-6,12-13,15H2,1H3/t18-/m0/s1. The number of aryl methyl sites for hydroxylation is 1. The third kappa shape index (κ3) is 4.71. The zero-order chi connectivity index (χ0) is 22.7. The number of anilines is 1. The lowest BCUT2D eigenvalue weighted by molar-refractivity contribution is -0.119. The molecule has 0 saturated heterocycles. The molecule has 3 aromatic rings. The smallest absolute Gasteiger partial charge is 0.264 e. The summed E-state index contributed by atoms with van der Waals surface area (Å²) in [5.74, 6) is -0.183. The molecule has 1 aromatic heterocycles. The number of carbonyl (C=O) groups is 1. The van der Waals surface area contributed by atoms with Gasteiger partial charge in [0.2, 0.25) is 0 Å². The molecule has 0 fully saturated rings. The zero-order valence-electron chi connectivity index (χ0n) is 17.9. The van der Waals surface area contributed by atoms with Crippen LogP contribution in [0.25, 0.3) is 0 Å². The Bertz CT molecular complexity index is 1230. The van der Waals surface area contributed by atoms with E-state index in [1.165, 1.54) is 10.4 Å². The highest BCUT2D eigenvalue weighted by atomic mass is 35.5. The molecule has 2 aromatic carbocycles. The fraction of sp³-hybridized carbons (Fsp3) is 0.280. The molecule has 4 rings (SSSR count). The first-order chi connectivity index (χ1) is 15.4. The molecule has 5 nitrogen and oxygen atoms in total. The number of aromatic nitrogens is 1. The number of halogens is 1. The number of rotatable bonds is 6. The van der Waals surface area contributed by atoms with Crippen LogP contribution in [0.5, 0.6) is 0 Å². The van der Waals surface area contributed by atoms with Crippen molar-refractivity contribution in [1.29, 1.82) is 0 Å². The van der Waals surface area contributed by atoms with Crippen molar-refractivity contribution in [1.82, 2.24) is 4.98 Å². The summed E-state index contributed by atoms with van der Waals surface area (Å²) in [6, 6.07) is 17.7. The highest BCUT2D eigenvalue weighted by Gasteiger charge is 2.29. The Morgan fingerprint density at radius 2 is 1.88 bits per heavy atom. The van der Waals surface area contributed by atoms with Crippen LogP contribution in [0.1, 0.15) is 42.5 Å². The van der Waals surface area contributed by atoms with Crippen molar-refractivity contribution in [3.63, 3.8) is 0 Å². The van der Waals surface area contributed by atoms with E-state index >= 15 is 0 Å². The molecule has 32 heavy (non-hydrogen) atoms. The Kier molecular flexibility index (Phi) is 6.63. The van der Waals surface area contributed by atoms with E-state index in [1.54, 1.807) is 24.4 Å². The van der Waals surface area contributed by atoms with Crippen molar-refractivity contribution >= 4 is 33.1 Å². The Labute approximate surface area is 194 Å². The molecule has 0 radical (unpaired) electrons. The predicted octanol–water partition coefficient (Wildman–Crippen LogP) is 5.18. The Balaban J connectivity index is 1.66. The minimum atomic E-state index is -3.80. The molecule has 0 amide bonds. The maximum absolute atomic E-state index is 13.5. The second-order valence-corrected chi connectivity index (χ2v) is 10.4. The third-order valence-electron chi connectivity index (χ3n) is 5.84. The zero-order valence-corrected chi connectivity index (χ0v) is 19.4. The molecule has 0 bridgehead atoms. The van der Waals surface area contributed by atoms with Crippen molar-refractivity contribution in [2.45, 2.75) is 43.4 Å². The van der Waals surface area contributed by atoms with Crippen molar-refractivity contribution in [2.24, 2.45) is 0 Å². The van der Waals surface area contributed by atoms with E-state index in [9.17, 15) is 13.2 Å². The van der Waals surface area contributed by atoms with E-state index < -0.39 is 10.0 Å². The monoisotopic (exact) mass is 468 g/mol. The van der Waals surface area contributed by atoms with Gasteiger partial charge in [0.05, 0.1) is 16.3 Å². The number of nitrogens with zero attached hydrogens (tertiary/aromatic N) is 2. The first-order valence-corrected chi connectivity index (χ1v) is 12.5. The third-order valence-corrected chi connectivity index (χ3v) is 7.89. The molecule has 0 saturated carbocycles. The van der Waals surface area contributed by atoms with Crippen molar-refractivity contribution < 1.29 is 13.2 Å². The van der Waals surface area contributed by atoms with Gasteiger partial charge in [0.1, 0.15) is 5.78 Å². The Morgan fingerprint density at radius 1 is 1.09 bits per heavy atom. The van der Waals surface area contributed by atoms with Gasteiger partial charge in [0, 0.05) is 30.1 Å². The maximum atomic E-state index is 13.5. The lowest BCUT2D eigenvalue weighted by atomic mass is 9.93. The van der Waals surface area contributed by atoms with Crippen LogP contribution in [-0.2, 0) is 27.7 Å². The average Bonchev–Trinajstić information content (AvgIpc) is 3.01. The van der Waals surface area contributed by atoms with Crippen LogP contribution in [0.4, 0.5) is 5.69 Å². The molecule has 1 aliphatic rings. The number of hydrogen-bond acceptors (Lipinski definition) is 4. The second-order valence-electron chi connectivity index (χ2n) is 8.08. The summed E-state index contributed by atoms with van der Waals surface area (Å²) in [5, 5.41) is 0.369. The van der Waals surface area contributed by atoms with E-state index in [0.717, 1.165) is 24.1 Å². The molecule has 0 unspecified atom stereocenters. The minimum absolute atomic E-state index is 0.0656. The second kappa shape index (κ2) is 9.43. The predicted molar refractivity (Wildman–Crippen MR) is 127 cm³/mol. The molecule has 166 valence electrons. The van der Waals surface area contributed by atoms with Gasteiger partial charge in [-0.2, -0.15) is 0 Å². The van der Waals surface area contributed by atoms with Crippen LogP contribution >= 0.6 is 11.6 Å². The molecule has 1 aliphatic heterocycles. The minimum Gasteiger partial charge on any atom is -0.299 e. The fourth-order valence-corrected chi connectivity index (χ4v) is 5.81. The van der Waals surface area contributed by atoms with Crippen molar-refractivity contribution in [2.75, 3.05) is 10.8 Å². The number of benzene rings is 2. The van der Waals surface area contributed by atoms with Crippen LogP contribution < -0.4 is 4.31 Å². The van der Waals surface area contributed by atoms with Crippen LogP contribution in [0, 0.1) is 0 Å². The van der Waals surface area contributed by atoms with Crippen molar-refractivity contribution in [3.8, 4) is 0 Å². The van der Waals surface area contributed by atoms with Gasteiger partial charge in [-0.25, -0.2) is 8.42 Å². The van der Waals surface area contributed by atoms with Gasteiger partial charge in [0.15, 0.2) is 0 Å². The quantitative estimate of drug-likeness (QED) is 0.499. The molecule has 0 aliphatic carbocycles. The molecular formula is C25H25ClN2O3S. The summed E-state index contributed by atoms with van der Waals surface area (Å²) in [6.45, 7) is 2.26. The van der Waals surface area contributed by atoms with Crippen LogP contribution in [0.2, 0.25) is 5.02 Å². The number of pyridine rings is 1. The number of Topliss-reactive ketones (excluding diaryl/α,β-unsaturated/α-hetero) is 1. The number of hydrogen-bond donors (Lipinski definition) is 0. The van der Waals surface area contributed by atoms with Gasteiger partial charge in [-0.15, -0.1) is 0 Å². The van der Waals surface area contributed by atoms with E-state index in [-0.39, 0.29) is 23.0 Å². The van der Waals surface area contributed by atoms with Crippen LogP contribution in [-0.4, -0.2) is 25.7 Å². The molecule has 0 N–H and O–H groups in total. The van der Waals surface area contributed by atoms with Crippen molar-refractivity contribution in [3.05, 3.63) is 88.7 Å². The van der Waals surface area contributed by atoms with E-state index in [2.05, 4.69) is 4.98 Å². The van der Waals surface area contributed by atoms with Crippen LogP contribution in [0.15, 0.2) is 71.8 Å². The fourth-order valence-electron chi connectivity index (χ4n) is 3.98. The first-order valence-electron chi connectivity index (χ1n) is 10.7. The lowest BCUT2D eigenvalue weighted by Gasteiger charge is -2.25. The summed E-state index contributed by atoms with van der Waals surface area (Å²) in [6.07, 6.45) is 4.18. The van der Waals surface area contributed by atoms with Gasteiger partial charge in [-0.05, 0) is 54.7 Å². The summed E-state index contributed by atoms with van der Waals surface area (Å²) < 4.78 is 28.3. The molecule has 1 atom stereocenters. The number of carbonyl (C=O) groups excluding carboxylic acids is 1. The summed E-state index contributed by atoms with van der Waals surface area (Å²) in [5.41, 5.74) is 2.97. The maximum Gasteiger partial charge on any atom is 0.264 e. The number of sulfonamides is 1. The van der Waals surface area contributed by atoms with Gasteiger partial charge in [-0.1, -0.05) is 54.9 Å². The molecule has 2 heterocycles. The highest BCUT2D eigenvalue weighted by Crippen LogP contribution is 2.32. The summed E-state index contributed by atoms with van der Waals surface area (Å²) >= 11 is 6.05. The first kappa shape index (κ1) is 22.5. The SMILES string of the molecule is C[C@H](C(=O)Cc1cnc2c(c1)N(S(=O)(=O)c1cccc(Cl)c1)CCCC2)c1ccccc1. The van der Waals surface area contributed by atoms with E-state index in [4.69, 9.17) is 11.6 Å². The average molecular weight is 469 g/mol. The van der Waals surface area contributed by atoms with Gasteiger partial charge < -0.3 is 0 Å². The Hall–Kier alpha value is -2.70. The summed E-state index contributed by atoms with van der Waals surface area (Å²) in [7, 11) is -3.80. The summed E-state index contributed by atoms with van der Waals surface area (Å²) in [4.78, 5) is 17.6. The normalized spacial score (nSPS) is 15.0. The topological polar surface area (TPSA) is 67.3 Å². The van der Waals surface area contributed by atoms with E-state index in [0.29, 0.717) is 29.2 Å². The molecule has 7 heteroatoms.